The van der Waals surface area contributed by atoms with Crippen LogP contribution in [0, 0.1) is 32.8 Å². The lowest BCUT2D eigenvalue weighted by atomic mass is 10.3. The van der Waals surface area contributed by atoms with Crippen LogP contribution in [-0.4, -0.2) is 9.91 Å². The van der Waals surface area contributed by atoms with Crippen LogP contribution in [0.25, 0.3) is 0 Å². The topological polar surface area (TPSA) is 116 Å². The zero-order valence-corrected chi connectivity index (χ0v) is 12.4. The number of pyridine rings is 1. The highest BCUT2D eigenvalue weighted by atomic mass is 32.2. The average molecular weight is 323 g/mol. The minimum absolute atomic E-state index is 0.0524. The number of nitrogens with one attached hydrogen (secondary N) is 1. The van der Waals surface area contributed by atoms with Gasteiger partial charge in [-0.2, -0.15) is 10.5 Å². The molecule has 0 aliphatic carbocycles. The molecule has 0 aliphatic heterocycles. The van der Waals surface area contributed by atoms with Gasteiger partial charge in [0.15, 0.2) is 5.03 Å². The smallest absolute Gasteiger partial charge is 0.301 e. The van der Waals surface area contributed by atoms with E-state index >= 15 is 0 Å². The monoisotopic (exact) mass is 323 g/mol. The van der Waals surface area contributed by atoms with E-state index in [-0.39, 0.29) is 11.3 Å². The van der Waals surface area contributed by atoms with Gasteiger partial charge in [0.25, 0.3) is 0 Å². The van der Waals surface area contributed by atoms with E-state index in [1.807, 2.05) is 0 Å². The van der Waals surface area contributed by atoms with E-state index in [1.165, 1.54) is 24.5 Å². The van der Waals surface area contributed by atoms with Gasteiger partial charge in [0, 0.05) is 29.0 Å². The fraction of sp³-hybridized carbons (Fsp3) is 0. The minimum atomic E-state index is -0.480. The van der Waals surface area contributed by atoms with E-state index in [0.717, 1.165) is 16.7 Å². The molecule has 0 aliphatic rings. The number of allylic oxidation sites excluding steroid dienone is 1. The lowest BCUT2D eigenvalue weighted by Crippen LogP contribution is -1.93. The summed E-state index contributed by atoms with van der Waals surface area (Å²) >= 11 is 1.16. The van der Waals surface area contributed by atoms with E-state index in [0.29, 0.717) is 10.7 Å². The third-order valence-electron chi connectivity index (χ3n) is 2.62. The van der Waals surface area contributed by atoms with Crippen molar-refractivity contribution in [1.82, 2.24) is 4.98 Å². The molecule has 1 aromatic carbocycles. The Kier molecular flexibility index (Phi) is 5.29. The second-order valence-electron chi connectivity index (χ2n) is 4.14. The first-order valence-electron chi connectivity index (χ1n) is 6.28. The number of anilines is 1. The van der Waals surface area contributed by atoms with Crippen molar-refractivity contribution in [2.75, 3.05) is 5.32 Å². The van der Waals surface area contributed by atoms with Crippen molar-refractivity contribution >= 4 is 23.1 Å². The van der Waals surface area contributed by atoms with Gasteiger partial charge < -0.3 is 5.32 Å². The Labute approximate surface area is 136 Å². The van der Waals surface area contributed by atoms with Crippen LogP contribution < -0.4 is 5.32 Å². The summed E-state index contributed by atoms with van der Waals surface area (Å²) in [7, 11) is 0. The quantitative estimate of drug-likeness (QED) is 0.508. The van der Waals surface area contributed by atoms with Crippen LogP contribution in [0.5, 0.6) is 0 Å². The normalized spacial score (nSPS) is 9.30. The van der Waals surface area contributed by atoms with Crippen LogP contribution in [0.3, 0.4) is 0 Å². The number of hydrogen-bond donors (Lipinski definition) is 1. The molecule has 2 aromatic rings. The van der Waals surface area contributed by atoms with Crippen molar-refractivity contribution in [3.8, 4) is 12.1 Å². The molecular weight excluding hydrogens is 314 g/mol. The van der Waals surface area contributed by atoms with Gasteiger partial charge in [0.05, 0.1) is 4.92 Å². The van der Waals surface area contributed by atoms with E-state index < -0.39 is 4.92 Å². The molecule has 8 heteroatoms. The van der Waals surface area contributed by atoms with Gasteiger partial charge >= 0.3 is 5.69 Å². The van der Waals surface area contributed by atoms with Crippen molar-refractivity contribution in [1.29, 1.82) is 10.5 Å². The number of hydrogen-bond acceptors (Lipinski definition) is 7. The Balaban J connectivity index is 2.22. The third-order valence-corrected chi connectivity index (χ3v) is 3.62. The summed E-state index contributed by atoms with van der Waals surface area (Å²) in [5.74, 6) is 0. The highest BCUT2D eigenvalue weighted by Gasteiger charge is 2.15. The summed E-state index contributed by atoms with van der Waals surface area (Å²) in [5.41, 5.74) is 0.534. The molecule has 1 N–H and O–H groups in total. The van der Waals surface area contributed by atoms with Crippen LogP contribution in [0.4, 0.5) is 11.4 Å². The maximum absolute atomic E-state index is 11.0. The lowest BCUT2D eigenvalue weighted by molar-refractivity contribution is -0.388. The minimum Gasteiger partial charge on any atom is -0.360 e. The van der Waals surface area contributed by atoms with E-state index in [1.54, 1.807) is 36.4 Å². The first-order valence-corrected chi connectivity index (χ1v) is 7.10. The number of rotatable bonds is 5. The van der Waals surface area contributed by atoms with E-state index in [4.69, 9.17) is 10.5 Å². The molecule has 7 nitrogen and oxygen atoms in total. The molecule has 112 valence electrons. The van der Waals surface area contributed by atoms with Crippen LogP contribution in [0.1, 0.15) is 0 Å². The molecule has 0 bridgehead atoms. The molecule has 0 spiro atoms. The Morgan fingerprint density at radius 2 is 2.09 bits per heavy atom. The van der Waals surface area contributed by atoms with Crippen molar-refractivity contribution in [2.24, 2.45) is 0 Å². The summed E-state index contributed by atoms with van der Waals surface area (Å²) in [6.45, 7) is 0. The zero-order chi connectivity index (χ0) is 16.7. The maximum Gasteiger partial charge on any atom is 0.301 e. The van der Waals surface area contributed by atoms with Gasteiger partial charge in [0.2, 0.25) is 0 Å². The standard InChI is InChI=1S/C15H9N5O2S/c16-8-11(9-17)10-19-12-3-1-4-13(7-12)23-15-14(20(21)22)5-2-6-18-15/h1-7,10,19H. The number of aromatic nitrogens is 1. The highest BCUT2D eigenvalue weighted by molar-refractivity contribution is 7.99. The van der Waals surface area contributed by atoms with Gasteiger partial charge in [-0.15, -0.1) is 0 Å². The van der Waals surface area contributed by atoms with Gasteiger partial charge in [-0.3, -0.25) is 10.1 Å². The second-order valence-corrected chi connectivity index (χ2v) is 5.20. The summed E-state index contributed by atoms with van der Waals surface area (Å²) in [6.07, 6.45) is 2.79. The molecule has 0 saturated carbocycles. The van der Waals surface area contributed by atoms with E-state index in [2.05, 4.69) is 10.3 Å². The van der Waals surface area contributed by atoms with Gasteiger partial charge in [-0.05, 0) is 24.3 Å². The Morgan fingerprint density at radius 1 is 1.30 bits per heavy atom. The largest absolute Gasteiger partial charge is 0.360 e. The SMILES string of the molecule is N#CC(C#N)=CNc1cccc(Sc2ncccc2[N+](=O)[O-])c1. The second kappa shape index (κ2) is 7.59. The molecule has 2 rings (SSSR count). The predicted octanol–water partition coefficient (Wildman–Crippen LogP) is 3.48. The predicted molar refractivity (Wildman–Crippen MR) is 84.4 cm³/mol. The average Bonchev–Trinajstić information content (AvgIpc) is 2.56. The molecule has 1 aromatic heterocycles. The summed E-state index contributed by atoms with van der Waals surface area (Å²) in [4.78, 5) is 15.3. The number of nitriles is 2. The van der Waals surface area contributed by atoms with Gasteiger partial charge in [-0.25, -0.2) is 4.98 Å². The molecule has 23 heavy (non-hydrogen) atoms. The first-order chi connectivity index (χ1) is 11.1. The van der Waals surface area contributed by atoms with Crippen molar-refractivity contribution in [3.63, 3.8) is 0 Å². The van der Waals surface area contributed by atoms with Crippen molar-refractivity contribution in [3.05, 3.63) is 64.5 Å². The fourth-order valence-corrected chi connectivity index (χ4v) is 2.52. The molecular formula is C15H9N5O2S. The van der Waals surface area contributed by atoms with Gasteiger partial charge in [0.1, 0.15) is 17.7 Å². The first kappa shape index (κ1) is 16.0. The molecule has 0 saturated heterocycles. The Morgan fingerprint density at radius 3 is 2.78 bits per heavy atom. The highest BCUT2D eigenvalue weighted by Crippen LogP contribution is 2.33. The molecule has 0 unspecified atom stereocenters. The molecule has 0 amide bonds. The lowest BCUT2D eigenvalue weighted by Gasteiger charge is -2.05. The molecule has 0 radical (unpaired) electrons. The van der Waals surface area contributed by atoms with E-state index in [9.17, 15) is 10.1 Å². The fourth-order valence-electron chi connectivity index (χ4n) is 1.61. The molecule has 0 fully saturated rings. The Bertz CT molecular complexity index is 835. The maximum atomic E-state index is 11.0. The summed E-state index contributed by atoms with van der Waals surface area (Å²) < 4.78 is 0. The van der Waals surface area contributed by atoms with Gasteiger partial charge in [-0.1, -0.05) is 17.8 Å². The zero-order valence-electron chi connectivity index (χ0n) is 11.6. The number of nitro groups is 1. The summed E-state index contributed by atoms with van der Waals surface area (Å²) in [5, 5.41) is 31.5. The van der Waals surface area contributed by atoms with Crippen LogP contribution in [0.15, 0.2) is 64.3 Å². The number of benzene rings is 1. The number of nitrogens with zero attached hydrogens (tertiary/aromatic N) is 4. The van der Waals surface area contributed by atoms with Crippen molar-refractivity contribution < 1.29 is 4.92 Å². The van der Waals surface area contributed by atoms with Crippen LogP contribution in [0.2, 0.25) is 0 Å². The molecule has 1 heterocycles. The van der Waals surface area contributed by atoms with Crippen LogP contribution >= 0.6 is 11.8 Å². The van der Waals surface area contributed by atoms with Crippen LogP contribution in [-0.2, 0) is 0 Å². The molecule has 0 atom stereocenters. The summed E-state index contributed by atoms with van der Waals surface area (Å²) in [6, 6.07) is 13.4. The Hall–Kier alpha value is -3.36. The third kappa shape index (κ3) is 4.30. The van der Waals surface area contributed by atoms with Crippen molar-refractivity contribution in [2.45, 2.75) is 9.92 Å².